The Labute approximate surface area is 130 Å². The molecule has 2 N–H and O–H groups in total. The lowest BCUT2D eigenvalue weighted by Crippen LogP contribution is -2.51. The average molecular weight is 300 g/mol. The minimum atomic E-state index is -0.661. The van der Waals surface area contributed by atoms with Gasteiger partial charge < -0.3 is 15.4 Å². The van der Waals surface area contributed by atoms with Crippen LogP contribution in [-0.2, 0) is 9.53 Å². The van der Waals surface area contributed by atoms with Crippen LogP contribution in [0.4, 0.5) is 4.79 Å². The van der Waals surface area contributed by atoms with Gasteiger partial charge in [-0.25, -0.2) is 4.79 Å². The number of carbonyl (C=O) groups is 2. The molecule has 1 fully saturated rings. The normalized spacial score (nSPS) is 21.4. The van der Waals surface area contributed by atoms with Crippen molar-refractivity contribution in [2.24, 2.45) is 5.92 Å². The molecule has 1 aliphatic rings. The molecule has 1 saturated heterocycles. The summed E-state index contributed by atoms with van der Waals surface area (Å²) in [7, 11) is 0. The Morgan fingerprint density at radius 3 is 2.68 bits per heavy atom. The monoisotopic (exact) mass is 300 g/mol. The van der Waals surface area contributed by atoms with Crippen molar-refractivity contribution in [3.63, 3.8) is 0 Å². The summed E-state index contributed by atoms with van der Waals surface area (Å²) in [4.78, 5) is 24.0. The van der Waals surface area contributed by atoms with Gasteiger partial charge in [-0.1, -0.05) is 48.6 Å². The van der Waals surface area contributed by atoms with E-state index in [4.69, 9.17) is 4.74 Å². The third-order valence-electron chi connectivity index (χ3n) is 3.52. The molecule has 0 radical (unpaired) electrons. The summed E-state index contributed by atoms with van der Waals surface area (Å²) in [5.41, 5.74) is 2.30. The molecule has 0 spiro atoms. The number of benzene rings is 1. The van der Waals surface area contributed by atoms with Crippen LogP contribution in [-0.4, -0.2) is 18.6 Å². The molecule has 116 valence electrons. The molecule has 0 bridgehead atoms. The standard InChI is InChI=1S/C17H20N2O3/c1-4-5-10-22-16(20)14-12(3)18-17(21)19-15(14)13-8-6-11(2)7-9-13/h4-9,14-15H,3,10H2,1-2H3,(H2,18,19,21)/b5-4+/t14-,15-/m0/s1. The maximum atomic E-state index is 12.3. The first kappa shape index (κ1) is 15.8. The summed E-state index contributed by atoms with van der Waals surface area (Å²) in [5, 5.41) is 5.32. The van der Waals surface area contributed by atoms with Gasteiger partial charge in [-0.15, -0.1) is 0 Å². The number of aryl methyl sites for hydroxylation is 1. The molecule has 0 aromatic heterocycles. The van der Waals surface area contributed by atoms with Crippen LogP contribution in [0.1, 0.15) is 24.1 Å². The molecule has 5 heteroatoms. The predicted molar refractivity (Wildman–Crippen MR) is 84.0 cm³/mol. The Kier molecular flexibility index (Phi) is 4.99. The third kappa shape index (κ3) is 3.55. The van der Waals surface area contributed by atoms with E-state index in [1.807, 2.05) is 38.1 Å². The first-order chi connectivity index (χ1) is 10.5. The largest absolute Gasteiger partial charge is 0.461 e. The van der Waals surface area contributed by atoms with Crippen LogP contribution in [0.5, 0.6) is 0 Å². The van der Waals surface area contributed by atoms with Crippen LogP contribution < -0.4 is 10.6 Å². The quantitative estimate of drug-likeness (QED) is 0.663. The first-order valence-corrected chi connectivity index (χ1v) is 7.13. The van der Waals surface area contributed by atoms with Crippen LogP contribution in [0.3, 0.4) is 0 Å². The van der Waals surface area contributed by atoms with E-state index in [0.29, 0.717) is 5.70 Å². The summed E-state index contributed by atoms with van der Waals surface area (Å²) >= 11 is 0. The van der Waals surface area contributed by atoms with Gasteiger partial charge in [0.2, 0.25) is 0 Å². The van der Waals surface area contributed by atoms with Crippen molar-refractivity contribution >= 4 is 12.0 Å². The van der Waals surface area contributed by atoms with Crippen LogP contribution in [0.25, 0.3) is 0 Å². The molecule has 1 aliphatic heterocycles. The number of nitrogens with one attached hydrogen (secondary N) is 2. The van der Waals surface area contributed by atoms with Gasteiger partial charge in [0.15, 0.2) is 0 Å². The Balaban J connectivity index is 2.25. The number of carbonyl (C=O) groups excluding carboxylic acids is 2. The van der Waals surface area contributed by atoms with Gasteiger partial charge in [0, 0.05) is 5.70 Å². The van der Waals surface area contributed by atoms with Crippen molar-refractivity contribution in [3.8, 4) is 0 Å². The number of rotatable bonds is 4. The van der Waals surface area contributed by atoms with Gasteiger partial charge >= 0.3 is 12.0 Å². The van der Waals surface area contributed by atoms with E-state index in [1.165, 1.54) is 0 Å². The number of esters is 1. The number of urea groups is 1. The van der Waals surface area contributed by atoms with E-state index in [-0.39, 0.29) is 12.6 Å². The number of allylic oxidation sites excluding steroid dienone is 1. The Morgan fingerprint density at radius 1 is 1.36 bits per heavy atom. The number of hydrogen-bond acceptors (Lipinski definition) is 3. The average Bonchev–Trinajstić information content (AvgIpc) is 2.47. The van der Waals surface area contributed by atoms with Crippen molar-refractivity contribution in [1.29, 1.82) is 0 Å². The van der Waals surface area contributed by atoms with E-state index in [9.17, 15) is 9.59 Å². The van der Waals surface area contributed by atoms with Gasteiger partial charge in [-0.05, 0) is 19.4 Å². The van der Waals surface area contributed by atoms with Gasteiger partial charge in [-0.2, -0.15) is 0 Å². The maximum Gasteiger partial charge on any atom is 0.319 e. The third-order valence-corrected chi connectivity index (χ3v) is 3.52. The lowest BCUT2D eigenvalue weighted by molar-refractivity contribution is -0.147. The fourth-order valence-corrected chi connectivity index (χ4v) is 2.33. The highest BCUT2D eigenvalue weighted by Gasteiger charge is 2.38. The summed E-state index contributed by atoms with van der Waals surface area (Å²) in [6.07, 6.45) is 3.55. The number of amides is 2. The van der Waals surface area contributed by atoms with Crippen LogP contribution in [0.2, 0.25) is 0 Å². The summed E-state index contributed by atoms with van der Waals surface area (Å²) < 4.78 is 5.23. The fraction of sp³-hybridized carbons (Fsp3) is 0.294. The minimum absolute atomic E-state index is 0.202. The zero-order valence-electron chi connectivity index (χ0n) is 12.8. The molecular weight excluding hydrogens is 280 g/mol. The fourth-order valence-electron chi connectivity index (χ4n) is 2.33. The molecule has 0 aliphatic carbocycles. The summed E-state index contributed by atoms with van der Waals surface area (Å²) in [6.45, 7) is 7.83. The van der Waals surface area contributed by atoms with Gasteiger partial charge in [-0.3, -0.25) is 4.79 Å². The van der Waals surface area contributed by atoms with Crippen LogP contribution in [0.15, 0.2) is 48.7 Å². The van der Waals surface area contributed by atoms with E-state index in [0.717, 1.165) is 11.1 Å². The second-order valence-corrected chi connectivity index (χ2v) is 5.19. The summed E-state index contributed by atoms with van der Waals surface area (Å²) in [5.74, 6) is -1.08. The molecule has 0 saturated carbocycles. The molecule has 1 aromatic carbocycles. The van der Waals surface area contributed by atoms with Crippen molar-refractivity contribution in [2.45, 2.75) is 19.9 Å². The maximum absolute atomic E-state index is 12.3. The van der Waals surface area contributed by atoms with E-state index >= 15 is 0 Å². The zero-order chi connectivity index (χ0) is 16.1. The molecule has 2 atom stereocenters. The number of ether oxygens (including phenoxy) is 1. The highest BCUT2D eigenvalue weighted by atomic mass is 16.5. The topological polar surface area (TPSA) is 67.4 Å². The smallest absolute Gasteiger partial charge is 0.319 e. The van der Waals surface area contributed by atoms with Crippen molar-refractivity contribution in [2.75, 3.05) is 6.61 Å². The van der Waals surface area contributed by atoms with Crippen LogP contribution >= 0.6 is 0 Å². The highest BCUT2D eigenvalue weighted by Crippen LogP contribution is 2.30. The second-order valence-electron chi connectivity index (χ2n) is 5.19. The molecule has 22 heavy (non-hydrogen) atoms. The molecular formula is C17H20N2O3. The van der Waals surface area contributed by atoms with Crippen molar-refractivity contribution < 1.29 is 14.3 Å². The van der Waals surface area contributed by atoms with Gasteiger partial charge in [0.25, 0.3) is 0 Å². The molecule has 1 aromatic rings. The molecule has 5 nitrogen and oxygen atoms in total. The van der Waals surface area contributed by atoms with Gasteiger partial charge in [0.1, 0.15) is 12.5 Å². The van der Waals surface area contributed by atoms with Crippen molar-refractivity contribution in [1.82, 2.24) is 10.6 Å². The Morgan fingerprint density at radius 2 is 2.05 bits per heavy atom. The lowest BCUT2D eigenvalue weighted by atomic mass is 9.89. The van der Waals surface area contributed by atoms with E-state index in [2.05, 4.69) is 17.2 Å². The van der Waals surface area contributed by atoms with E-state index < -0.39 is 17.9 Å². The molecule has 0 unspecified atom stereocenters. The van der Waals surface area contributed by atoms with E-state index in [1.54, 1.807) is 12.2 Å². The summed E-state index contributed by atoms with van der Waals surface area (Å²) in [6, 6.07) is 6.81. The molecule has 2 rings (SSSR count). The highest BCUT2D eigenvalue weighted by molar-refractivity contribution is 5.85. The lowest BCUT2D eigenvalue weighted by Gasteiger charge is -2.33. The predicted octanol–water partition coefficient (Wildman–Crippen LogP) is 2.60. The second kappa shape index (κ2) is 6.93. The molecule has 2 amide bonds. The zero-order valence-corrected chi connectivity index (χ0v) is 12.8. The first-order valence-electron chi connectivity index (χ1n) is 7.13. The van der Waals surface area contributed by atoms with Gasteiger partial charge in [0.05, 0.1) is 6.04 Å². The minimum Gasteiger partial charge on any atom is -0.461 e. The van der Waals surface area contributed by atoms with Crippen molar-refractivity contribution in [3.05, 3.63) is 59.8 Å². The SMILES string of the molecule is C=C1NC(=O)N[C@@H](c2ccc(C)cc2)[C@H]1C(=O)OC/C=C/C. The Bertz CT molecular complexity index is 605. The number of hydrogen-bond donors (Lipinski definition) is 2. The molecule has 1 heterocycles. The van der Waals surface area contributed by atoms with Crippen LogP contribution in [0, 0.1) is 12.8 Å². The Hall–Kier alpha value is -2.56.